The molecular weight excluding hydrogens is 302 g/mol. The maximum Gasteiger partial charge on any atom is 0.00277 e. The SMILES string of the molecule is C=C(c1cc(C)cc(C)c1)c1cc(C2CCCC2)ccc1/C=C\NC. The quantitative estimate of drug-likeness (QED) is 0.686. The van der Waals surface area contributed by atoms with Crippen molar-refractivity contribution in [3.8, 4) is 0 Å². The van der Waals surface area contributed by atoms with Crippen molar-refractivity contribution >= 4 is 11.6 Å². The molecule has 2 aromatic rings. The van der Waals surface area contributed by atoms with Crippen molar-refractivity contribution in [3.63, 3.8) is 0 Å². The van der Waals surface area contributed by atoms with E-state index in [1.165, 1.54) is 59.1 Å². The lowest BCUT2D eigenvalue weighted by Gasteiger charge is -2.16. The van der Waals surface area contributed by atoms with E-state index in [2.05, 4.69) is 68.2 Å². The lowest BCUT2D eigenvalue weighted by atomic mass is 9.88. The van der Waals surface area contributed by atoms with Gasteiger partial charge in [0.2, 0.25) is 0 Å². The van der Waals surface area contributed by atoms with Crippen molar-refractivity contribution in [2.45, 2.75) is 45.4 Å². The fraction of sp³-hybridized carbons (Fsp3) is 0.333. The van der Waals surface area contributed by atoms with Gasteiger partial charge >= 0.3 is 0 Å². The van der Waals surface area contributed by atoms with Gasteiger partial charge in [-0.3, -0.25) is 0 Å². The molecular formula is C24H29N. The van der Waals surface area contributed by atoms with Gasteiger partial charge in [-0.15, -0.1) is 0 Å². The van der Waals surface area contributed by atoms with E-state index in [-0.39, 0.29) is 0 Å². The van der Waals surface area contributed by atoms with Crippen molar-refractivity contribution in [1.82, 2.24) is 5.32 Å². The number of nitrogens with one attached hydrogen (secondary N) is 1. The average Bonchev–Trinajstić information content (AvgIpc) is 3.13. The summed E-state index contributed by atoms with van der Waals surface area (Å²) in [6.45, 7) is 8.77. The van der Waals surface area contributed by atoms with Crippen LogP contribution in [0.5, 0.6) is 0 Å². The number of hydrogen-bond acceptors (Lipinski definition) is 1. The first-order chi connectivity index (χ1) is 12.1. The summed E-state index contributed by atoms with van der Waals surface area (Å²) in [5, 5.41) is 3.10. The van der Waals surface area contributed by atoms with Crippen LogP contribution in [0.25, 0.3) is 11.6 Å². The van der Waals surface area contributed by atoms with Crippen LogP contribution in [0.3, 0.4) is 0 Å². The van der Waals surface area contributed by atoms with Gasteiger partial charge in [-0.2, -0.15) is 0 Å². The third-order valence-corrected chi connectivity index (χ3v) is 5.23. The molecule has 0 unspecified atom stereocenters. The second-order valence-corrected chi connectivity index (χ2v) is 7.31. The number of rotatable bonds is 5. The standard InChI is InChI=1S/C24H29N/c1-17-13-18(2)15-23(14-17)19(3)24-16-22(20-7-5-6-8-20)10-9-21(24)11-12-25-4/h9-16,20,25H,3,5-8H2,1-2,4H3/b12-11-. The highest BCUT2D eigenvalue weighted by Gasteiger charge is 2.18. The molecule has 3 rings (SSSR count). The van der Waals surface area contributed by atoms with Crippen LogP contribution in [-0.4, -0.2) is 7.05 Å². The largest absolute Gasteiger partial charge is 0.394 e. The lowest BCUT2D eigenvalue weighted by Crippen LogP contribution is -1.99. The van der Waals surface area contributed by atoms with Gasteiger partial charge < -0.3 is 5.32 Å². The summed E-state index contributed by atoms with van der Waals surface area (Å²) < 4.78 is 0. The number of aryl methyl sites for hydroxylation is 2. The zero-order valence-corrected chi connectivity index (χ0v) is 15.7. The van der Waals surface area contributed by atoms with E-state index in [1.54, 1.807) is 0 Å². The molecule has 0 aromatic heterocycles. The molecule has 0 spiro atoms. The molecule has 25 heavy (non-hydrogen) atoms. The molecule has 1 N–H and O–H groups in total. The molecule has 0 saturated heterocycles. The smallest absolute Gasteiger partial charge is 0.00277 e. The molecule has 0 radical (unpaired) electrons. The Labute approximate surface area is 152 Å². The van der Waals surface area contributed by atoms with E-state index in [1.807, 2.05) is 13.2 Å². The van der Waals surface area contributed by atoms with Crippen LogP contribution in [0.1, 0.15) is 65.0 Å². The molecule has 130 valence electrons. The molecule has 1 nitrogen and oxygen atoms in total. The highest BCUT2D eigenvalue weighted by molar-refractivity contribution is 5.83. The van der Waals surface area contributed by atoms with Gasteiger partial charge in [0.1, 0.15) is 0 Å². The van der Waals surface area contributed by atoms with Crippen molar-refractivity contribution in [2.75, 3.05) is 7.05 Å². The minimum atomic E-state index is 0.716. The fourth-order valence-corrected chi connectivity index (χ4v) is 3.97. The Balaban J connectivity index is 2.04. The molecule has 1 saturated carbocycles. The molecule has 1 aliphatic carbocycles. The second-order valence-electron chi connectivity index (χ2n) is 7.31. The number of benzene rings is 2. The predicted octanol–water partition coefficient (Wildman–Crippen LogP) is 6.21. The van der Waals surface area contributed by atoms with Crippen molar-refractivity contribution in [1.29, 1.82) is 0 Å². The summed E-state index contributed by atoms with van der Waals surface area (Å²) in [7, 11) is 1.93. The highest BCUT2D eigenvalue weighted by Crippen LogP contribution is 2.37. The number of hydrogen-bond donors (Lipinski definition) is 1. The molecule has 1 heteroatoms. The van der Waals surface area contributed by atoms with Gasteiger partial charge in [0.05, 0.1) is 0 Å². The van der Waals surface area contributed by atoms with Gasteiger partial charge in [-0.05, 0) is 72.7 Å². The van der Waals surface area contributed by atoms with Gasteiger partial charge in [0.25, 0.3) is 0 Å². The Kier molecular flexibility index (Phi) is 5.43. The molecule has 0 heterocycles. The van der Waals surface area contributed by atoms with Crippen LogP contribution < -0.4 is 5.32 Å². The van der Waals surface area contributed by atoms with Gasteiger partial charge in [0, 0.05) is 7.05 Å². The topological polar surface area (TPSA) is 12.0 Å². The zero-order chi connectivity index (χ0) is 17.8. The Morgan fingerprint density at radius 2 is 1.72 bits per heavy atom. The van der Waals surface area contributed by atoms with Gasteiger partial charge in [0.15, 0.2) is 0 Å². The lowest BCUT2D eigenvalue weighted by molar-refractivity contribution is 0.723. The van der Waals surface area contributed by atoms with E-state index >= 15 is 0 Å². The zero-order valence-electron chi connectivity index (χ0n) is 15.7. The maximum absolute atomic E-state index is 4.46. The van der Waals surface area contributed by atoms with Crippen LogP contribution in [-0.2, 0) is 0 Å². The molecule has 0 bridgehead atoms. The minimum absolute atomic E-state index is 0.716. The van der Waals surface area contributed by atoms with Crippen LogP contribution in [0, 0.1) is 13.8 Å². The van der Waals surface area contributed by atoms with Crippen LogP contribution in [0.15, 0.2) is 49.2 Å². The molecule has 0 amide bonds. The first-order valence-electron chi connectivity index (χ1n) is 9.34. The second kappa shape index (κ2) is 7.74. The van der Waals surface area contributed by atoms with Crippen LogP contribution in [0.2, 0.25) is 0 Å². The Morgan fingerprint density at radius 1 is 1.04 bits per heavy atom. The average molecular weight is 332 g/mol. The summed E-state index contributed by atoms with van der Waals surface area (Å²) in [4.78, 5) is 0. The Morgan fingerprint density at radius 3 is 2.36 bits per heavy atom. The fourth-order valence-electron chi connectivity index (χ4n) is 3.97. The molecule has 0 aliphatic heterocycles. The monoisotopic (exact) mass is 331 g/mol. The summed E-state index contributed by atoms with van der Waals surface area (Å²) in [6, 6.07) is 13.6. The predicted molar refractivity (Wildman–Crippen MR) is 110 cm³/mol. The van der Waals surface area contributed by atoms with Gasteiger partial charge in [-0.25, -0.2) is 0 Å². The summed E-state index contributed by atoms with van der Waals surface area (Å²) in [5.41, 5.74) is 8.86. The Bertz CT molecular complexity index is 771. The normalized spacial score (nSPS) is 15.0. The van der Waals surface area contributed by atoms with E-state index in [9.17, 15) is 0 Å². The van der Waals surface area contributed by atoms with Gasteiger partial charge in [-0.1, -0.05) is 66.9 Å². The Hall–Kier alpha value is -2.28. The summed E-state index contributed by atoms with van der Waals surface area (Å²) >= 11 is 0. The molecule has 1 fully saturated rings. The molecule has 0 atom stereocenters. The summed E-state index contributed by atoms with van der Waals surface area (Å²) in [6.07, 6.45) is 9.49. The van der Waals surface area contributed by atoms with E-state index in [0.717, 1.165) is 5.57 Å². The van der Waals surface area contributed by atoms with Crippen LogP contribution >= 0.6 is 0 Å². The van der Waals surface area contributed by atoms with Crippen molar-refractivity contribution in [3.05, 3.63) is 82.6 Å². The third-order valence-electron chi connectivity index (χ3n) is 5.23. The maximum atomic E-state index is 4.46. The highest BCUT2D eigenvalue weighted by atomic mass is 14.8. The summed E-state index contributed by atoms with van der Waals surface area (Å²) in [5.74, 6) is 0.716. The molecule has 2 aromatic carbocycles. The molecule has 1 aliphatic rings. The van der Waals surface area contributed by atoms with E-state index in [4.69, 9.17) is 0 Å². The van der Waals surface area contributed by atoms with E-state index < -0.39 is 0 Å². The van der Waals surface area contributed by atoms with Crippen molar-refractivity contribution < 1.29 is 0 Å². The van der Waals surface area contributed by atoms with E-state index in [0.29, 0.717) is 5.92 Å². The minimum Gasteiger partial charge on any atom is -0.394 e. The first kappa shape index (κ1) is 17.5. The van der Waals surface area contributed by atoms with Crippen LogP contribution in [0.4, 0.5) is 0 Å². The van der Waals surface area contributed by atoms with Crippen molar-refractivity contribution in [2.24, 2.45) is 0 Å². The third kappa shape index (κ3) is 4.04. The first-order valence-corrected chi connectivity index (χ1v) is 9.34.